The number of benzene rings is 1. The monoisotopic (exact) mass is 403 g/mol. The highest BCUT2D eigenvalue weighted by atomic mass is 16.4. The van der Waals surface area contributed by atoms with Crippen LogP contribution >= 0.6 is 0 Å². The lowest BCUT2D eigenvalue weighted by atomic mass is 10.0. The summed E-state index contributed by atoms with van der Waals surface area (Å²) < 4.78 is 5.89. The van der Waals surface area contributed by atoms with Crippen molar-refractivity contribution in [1.82, 2.24) is 19.9 Å². The molecule has 1 aromatic carbocycles. The van der Waals surface area contributed by atoms with Crippen molar-refractivity contribution in [3.8, 4) is 11.5 Å². The third kappa shape index (κ3) is 3.73. The molecular weight excluding hydrogens is 378 g/mol. The largest absolute Gasteiger partial charge is 0.441 e. The van der Waals surface area contributed by atoms with Gasteiger partial charge in [0.1, 0.15) is 5.76 Å². The van der Waals surface area contributed by atoms with E-state index in [2.05, 4.69) is 14.9 Å². The molecule has 0 bridgehead atoms. The average Bonchev–Trinajstić information content (AvgIpc) is 3.15. The van der Waals surface area contributed by atoms with Gasteiger partial charge in [-0.05, 0) is 38.3 Å². The van der Waals surface area contributed by atoms with Gasteiger partial charge in [0.2, 0.25) is 5.89 Å². The van der Waals surface area contributed by atoms with Gasteiger partial charge in [0.25, 0.3) is 5.56 Å². The summed E-state index contributed by atoms with van der Waals surface area (Å²) >= 11 is 0. The third-order valence-electron chi connectivity index (χ3n) is 5.83. The Balaban J connectivity index is 1.35. The summed E-state index contributed by atoms with van der Waals surface area (Å²) in [5.41, 5.74) is 4.43. The molecule has 30 heavy (non-hydrogen) atoms. The van der Waals surface area contributed by atoms with Crippen LogP contribution in [0.5, 0.6) is 0 Å². The number of oxazole rings is 1. The van der Waals surface area contributed by atoms with E-state index in [1.165, 1.54) is 0 Å². The summed E-state index contributed by atoms with van der Waals surface area (Å²) in [5.74, 6) is 2.11. The molecule has 0 atom stereocenters. The molecule has 3 aromatic rings. The molecule has 0 radical (unpaired) electrons. The number of aryl methyl sites for hydroxylation is 1. The van der Waals surface area contributed by atoms with Crippen LogP contribution < -0.4 is 5.56 Å². The number of nitrogens with zero attached hydrogens (tertiary/aromatic N) is 4. The van der Waals surface area contributed by atoms with Gasteiger partial charge >= 0.3 is 0 Å². The highest BCUT2D eigenvalue weighted by Crippen LogP contribution is 2.24. The van der Waals surface area contributed by atoms with Crippen molar-refractivity contribution in [3.05, 3.63) is 69.2 Å². The van der Waals surface area contributed by atoms with Crippen molar-refractivity contribution in [2.24, 2.45) is 4.99 Å². The maximum Gasteiger partial charge on any atom is 0.255 e. The zero-order valence-corrected chi connectivity index (χ0v) is 17.1. The Bertz CT molecular complexity index is 1150. The first-order valence-corrected chi connectivity index (χ1v) is 10.6. The zero-order chi connectivity index (χ0) is 20.5. The van der Waals surface area contributed by atoms with E-state index >= 15 is 0 Å². The standard InChI is InChI=1S/C23H25N5O2/c1-15-20(26-23(30-15)16-7-3-2-4-8-16)14-28-12-10-18-17(13-28)22(29)27-21(25-18)19-9-5-6-11-24-19/h2-4,7-8H,5-6,9-14H2,1H3,(H,25,27,29). The summed E-state index contributed by atoms with van der Waals surface area (Å²) in [4.78, 5) is 32.0. The molecule has 0 fully saturated rings. The van der Waals surface area contributed by atoms with E-state index in [4.69, 9.17) is 14.4 Å². The van der Waals surface area contributed by atoms with Crippen LogP contribution in [-0.2, 0) is 19.5 Å². The number of rotatable bonds is 4. The number of aromatic amines is 1. The van der Waals surface area contributed by atoms with Gasteiger partial charge in [0.05, 0.1) is 22.7 Å². The highest BCUT2D eigenvalue weighted by Gasteiger charge is 2.24. The van der Waals surface area contributed by atoms with E-state index in [1.54, 1.807) is 0 Å². The van der Waals surface area contributed by atoms with Gasteiger partial charge in [-0.15, -0.1) is 0 Å². The van der Waals surface area contributed by atoms with E-state index in [0.29, 0.717) is 24.8 Å². The normalized spacial score (nSPS) is 16.9. The molecule has 2 aromatic heterocycles. The van der Waals surface area contributed by atoms with Crippen LogP contribution in [0.3, 0.4) is 0 Å². The predicted octanol–water partition coefficient (Wildman–Crippen LogP) is 3.26. The number of aliphatic imine (C=N–C) groups is 1. The summed E-state index contributed by atoms with van der Waals surface area (Å²) in [6.07, 6.45) is 3.86. The van der Waals surface area contributed by atoms with Crippen LogP contribution in [0.1, 0.15) is 47.8 Å². The minimum atomic E-state index is -0.0465. The fourth-order valence-electron chi connectivity index (χ4n) is 4.13. The van der Waals surface area contributed by atoms with Crippen molar-refractivity contribution >= 4 is 5.71 Å². The van der Waals surface area contributed by atoms with Gasteiger partial charge in [-0.3, -0.25) is 14.7 Å². The summed E-state index contributed by atoms with van der Waals surface area (Å²) in [6, 6.07) is 9.91. The van der Waals surface area contributed by atoms with Gasteiger partial charge < -0.3 is 9.40 Å². The smallest absolute Gasteiger partial charge is 0.255 e. The van der Waals surface area contributed by atoms with Crippen LogP contribution in [0.4, 0.5) is 0 Å². The molecule has 0 spiro atoms. The van der Waals surface area contributed by atoms with Crippen LogP contribution in [0.25, 0.3) is 11.5 Å². The third-order valence-corrected chi connectivity index (χ3v) is 5.83. The molecule has 7 heteroatoms. The number of hydrogen-bond acceptors (Lipinski definition) is 6. The first kappa shape index (κ1) is 18.9. The van der Waals surface area contributed by atoms with Crippen molar-refractivity contribution < 1.29 is 4.42 Å². The van der Waals surface area contributed by atoms with E-state index in [1.807, 2.05) is 37.3 Å². The minimum absolute atomic E-state index is 0.0465. The molecule has 0 saturated heterocycles. The molecule has 0 amide bonds. The molecule has 0 saturated carbocycles. The van der Waals surface area contributed by atoms with Gasteiger partial charge in [-0.2, -0.15) is 0 Å². The number of hydrogen-bond donors (Lipinski definition) is 1. The summed E-state index contributed by atoms with van der Waals surface area (Å²) in [5, 5.41) is 0. The second kappa shape index (κ2) is 7.99. The SMILES string of the molecule is Cc1oc(-c2ccccc2)nc1CN1CCc2nc(C3=NCCCC3)[nH]c(=O)c2C1. The number of H-pyrrole nitrogens is 1. The Morgan fingerprint density at radius 1 is 1.13 bits per heavy atom. The molecule has 7 nitrogen and oxygen atoms in total. The Hall–Kier alpha value is -3.06. The Kier molecular flexibility index (Phi) is 5.04. The number of nitrogens with one attached hydrogen (secondary N) is 1. The quantitative estimate of drug-likeness (QED) is 0.722. The van der Waals surface area contributed by atoms with E-state index in [9.17, 15) is 4.79 Å². The maximum atomic E-state index is 12.8. The first-order chi connectivity index (χ1) is 14.7. The molecule has 4 heterocycles. The first-order valence-electron chi connectivity index (χ1n) is 10.6. The Labute approximate surface area is 174 Å². The molecule has 5 rings (SSSR count). The predicted molar refractivity (Wildman–Crippen MR) is 115 cm³/mol. The lowest BCUT2D eigenvalue weighted by molar-refractivity contribution is 0.238. The van der Waals surface area contributed by atoms with Crippen molar-refractivity contribution in [2.75, 3.05) is 13.1 Å². The lowest BCUT2D eigenvalue weighted by Gasteiger charge is -2.27. The zero-order valence-electron chi connectivity index (χ0n) is 17.1. The van der Waals surface area contributed by atoms with Crippen molar-refractivity contribution in [1.29, 1.82) is 0 Å². The topological polar surface area (TPSA) is 87.4 Å². The Morgan fingerprint density at radius 3 is 2.80 bits per heavy atom. The second-order valence-corrected chi connectivity index (χ2v) is 7.97. The molecule has 0 unspecified atom stereocenters. The van der Waals surface area contributed by atoms with Crippen LogP contribution in [0.15, 0.2) is 44.5 Å². The molecule has 2 aliphatic rings. The molecule has 2 aliphatic heterocycles. The van der Waals surface area contributed by atoms with Gasteiger partial charge in [-0.25, -0.2) is 9.97 Å². The maximum absolute atomic E-state index is 12.8. The average molecular weight is 403 g/mol. The van der Waals surface area contributed by atoms with Crippen molar-refractivity contribution in [2.45, 2.75) is 45.7 Å². The molecular formula is C23H25N5O2. The summed E-state index contributed by atoms with van der Waals surface area (Å²) in [7, 11) is 0. The lowest BCUT2D eigenvalue weighted by Crippen LogP contribution is -2.36. The van der Waals surface area contributed by atoms with Gasteiger partial charge in [0.15, 0.2) is 5.82 Å². The minimum Gasteiger partial charge on any atom is -0.441 e. The molecule has 154 valence electrons. The second-order valence-electron chi connectivity index (χ2n) is 7.97. The highest BCUT2D eigenvalue weighted by molar-refractivity contribution is 5.97. The Morgan fingerprint density at radius 2 is 2.00 bits per heavy atom. The van der Waals surface area contributed by atoms with Crippen LogP contribution in [0, 0.1) is 6.92 Å². The summed E-state index contributed by atoms with van der Waals surface area (Å²) in [6.45, 7) is 4.82. The number of aromatic nitrogens is 3. The van der Waals surface area contributed by atoms with Crippen LogP contribution in [0.2, 0.25) is 0 Å². The fraction of sp³-hybridized carbons (Fsp3) is 0.391. The molecule has 1 N–H and O–H groups in total. The van der Waals surface area contributed by atoms with Gasteiger partial charge in [-0.1, -0.05) is 18.2 Å². The van der Waals surface area contributed by atoms with E-state index < -0.39 is 0 Å². The number of fused-ring (bicyclic) bond motifs is 1. The van der Waals surface area contributed by atoms with E-state index in [0.717, 1.165) is 72.8 Å². The van der Waals surface area contributed by atoms with Crippen molar-refractivity contribution in [3.63, 3.8) is 0 Å². The fourth-order valence-corrected chi connectivity index (χ4v) is 4.13. The van der Waals surface area contributed by atoms with Gasteiger partial charge in [0, 0.05) is 38.2 Å². The molecule has 0 aliphatic carbocycles. The van der Waals surface area contributed by atoms with E-state index in [-0.39, 0.29) is 5.56 Å². The van der Waals surface area contributed by atoms with Crippen LogP contribution in [-0.4, -0.2) is 38.7 Å².